The van der Waals surface area contributed by atoms with E-state index in [4.69, 9.17) is 5.73 Å². The molecule has 0 aliphatic heterocycles. The summed E-state index contributed by atoms with van der Waals surface area (Å²) in [6, 6.07) is 6.19. The number of hydrogen-bond acceptors (Lipinski definition) is 2. The highest BCUT2D eigenvalue weighted by Gasteiger charge is 2.17. The van der Waals surface area contributed by atoms with Crippen LogP contribution in [-0.4, -0.2) is 9.36 Å². The summed E-state index contributed by atoms with van der Waals surface area (Å²) in [7, 11) is 0. The molecule has 2 aromatic rings. The quantitative estimate of drug-likeness (QED) is 0.905. The highest BCUT2D eigenvalue weighted by atomic mass is 19.1. The van der Waals surface area contributed by atoms with Gasteiger partial charge in [0.1, 0.15) is 17.2 Å². The first-order chi connectivity index (χ1) is 8.57. The van der Waals surface area contributed by atoms with Crippen LogP contribution in [0.5, 0.6) is 0 Å². The maximum absolute atomic E-state index is 13.8. The molecule has 0 radical (unpaired) electrons. The van der Waals surface area contributed by atoms with Gasteiger partial charge >= 0.3 is 0 Å². The van der Waals surface area contributed by atoms with Crippen molar-refractivity contribution in [3.05, 3.63) is 46.1 Å². The van der Waals surface area contributed by atoms with Crippen molar-refractivity contribution in [2.75, 3.05) is 5.73 Å². The van der Waals surface area contributed by atoms with Crippen LogP contribution in [0.15, 0.2) is 29.1 Å². The Bertz CT molecular complexity index is 628. The van der Waals surface area contributed by atoms with Crippen LogP contribution in [0.3, 0.4) is 0 Å². The second kappa shape index (κ2) is 4.68. The zero-order valence-electron chi connectivity index (χ0n) is 10.5. The topological polar surface area (TPSA) is 52.9 Å². The van der Waals surface area contributed by atoms with E-state index >= 15 is 0 Å². The zero-order valence-corrected chi connectivity index (χ0v) is 10.5. The predicted molar refractivity (Wildman–Crippen MR) is 69.4 cm³/mol. The molecule has 0 saturated carbocycles. The van der Waals surface area contributed by atoms with E-state index in [1.165, 1.54) is 10.7 Å². The number of hydrogen-bond donors (Lipinski definition) is 1. The van der Waals surface area contributed by atoms with Crippen LogP contribution in [-0.2, 0) is 6.54 Å². The summed E-state index contributed by atoms with van der Waals surface area (Å²) in [5.41, 5.74) is 6.45. The molecule has 5 heteroatoms. The largest absolute Gasteiger partial charge is 0.393 e. The Morgan fingerprint density at radius 2 is 2.00 bits per heavy atom. The molecule has 2 rings (SSSR count). The summed E-state index contributed by atoms with van der Waals surface area (Å²) in [4.78, 5) is 12.1. The van der Waals surface area contributed by atoms with Crippen LogP contribution in [0.1, 0.15) is 19.0 Å². The second-order valence-corrected chi connectivity index (χ2v) is 4.19. The SMILES string of the molecule is CCCn1c(C)c(N)c(=O)n1-c1ccccc1F. The number of rotatable bonds is 3. The molecule has 0 bridgehead atoms. The third-order valence-corrected chi connectivity index (χ3v) is 2.96. The number of nitrogen functional groups attached to an aromatic ring is 1. The predicted octanol–water partition coefficient (Wildman–Crippen LogP) is 2.08. The lowest BCUT2D eigenvalue weighted by molar-refractivity contribution is 0.506. The van der Waals surface area contributed by atoms with Gasteiger partial charge in [0.25, 0.3) is 5.56 Å². The molecule has 0 aliphatic carbocycles. The van der Waals surface area contributed by atoms with Gasteiger partial charge in [-0.1, -0.05) is 19.1 Å². The number of anilines is 1. The Labute approximate surface area is 104 Å². The third kappa shape index (κ3) is 1.81. The first-order valence-electron chi connectivity index (χ1n) is 5.90. The van der Waals surface area contributed by atoms with Crippen molar-refractivity contribution in [3.8, 4) is 5.69 Å². The maximum atomic E-state index is 13.8. The number of para-hydroxylation sites is 1. The van der Waals surface area contributed by atoms with Gasteiger partial charge in [-0.05, 0) is 25.5 Å². The Balaban J connectivity index is 2.75. The van der Waals surface area contributed by atoms with E-state index in [0.717, 1.165) is 6.42 Å². The minimum Gasteiger partial charge on any atom is -0.393 e. The van der Waals surface area contributed by atoms with Crippen LogP contribution in [0.2, 0.25) is 0 Å². The molecule has 4 nitrogen and oxygen atoms in total. The molecule has 1 aromatic heterocycles. The third-order valence-electron chi connectivity index (χ3n) is 2.96. The Hall–Kier alpha value is -2.04. The van der Waals surface area contributed by atoms with Crippen molar-refractivity contribution < 1.29 is 4.39 Å². The Morgan fingerprint density at radius 1 is 1.33 bits per heavy atom. The Morgan fingerprint density at radius 3 is 2.61 bits per heavy atom. The number of aromatic nitrogens is 2. The van der Waals surface area contributed by atoms with Gasteiger partial charge in [-0.2, -0.15) is 0 Å². The standard InChI is InChI=1S/C13H16FN3O/c1-3-8-16-9(2)12(15)13(18)17(16)11-7-5-4-6-10(11)14/h4-7H,3,8,15H2,1-2H3. The summed E-state index contributed by atoms with van der Waals surface area (Å²) in [6.07, 6.45) is 0.836. The zero-order chi connectivity index (χ0) is 13.3. The molecule has 1 aromatic carbocycles. The van der Waals surface area contributed by atoms with Gasteiger partial charge in [0.05, 0.1) is 5.69 Å². The molecule has 18 heavy (non-hydrogen) atoms. The summed E-state index contributed by atoms with van der Waals surface area (Å²) < 4.78 is 16.8. The molecule has 2 N–H and O–H groups in total. The van der Waals surface area contributed by atoms with Crippen molar-refractivity contribution in [1.29, 1.82) is 0 Å². The average molecular weight is 249 g/mol. The normalized spacial score (nSPS) is 10.8. The van der Waals surface area contributed by atoms with E-state index in [0.29, 0.717) is 12.2 Å². The molecule has 1 heterocycles. The molecule has 0 fully saturated rings. The molecule has 0 amide bonds. The minimum atomic E-state index is -0.436. The first kappa shape index (κ1) is 12.4. The second-order valence-electron chi connectivity index (χ2n) is 4.19. The minimum absolute atomic E-state index is 0.173. The van der Waals surface area contributed by atoms with Crippen LogP contribution in [0.25, 0.3) is 5.69 Å². The highest BCUT2D eigenvalue weighted by Crippen LogP contribution is 2.15. The summed E-state index contributed by atoms with van der Waals surface area (Å²) in [5.74, 6) is -0.436. The molecule has 0 saturated heterocycles. The van der Waals surface area contributed by atoms with E-state index in [2.05, 4.69) is 0 Å². The molecule has 96 valence electrons. The first-order valence-corrected chi connectivity index (χ1v) is 5.90. The van der Waals surface area contributed by atoms with Crippen molar-refractivity contribution in [2.24, 2.45) is 0 Å². The van der Waals surface area contributed by atoms with Gasteiger partial charge in [0.2, 0.25) is 0 Å². The monoisotopic (exact) mass is 249 g/mol. The lowest BCUT2D eigenvalue weighted by Crippen LogP contribution is -2.23. The van der Waals surface area contributed by atoms with Gasteiger partial charge < -0.3 is 5.73 Å². The molecule has 0 unspecified atom stereocenters. The molecule has 0 atom stereocenters. The lowest BCUT2D eigenvalue weighted by atomic mass is 10.3. The molecular formula is C13H16FN3O. The fourth-order valence-corrected chi connectivity index (χ4v) is 2.01. The average Bonchev–Trinajstić information content (AvgIpc) is 2.56. The van der Waals surface area contributed by atoms with Crippen LogP contribution in [0, 0.1) is 12.7 Å². The summed E-state index contributed by atoms with van der Waals surface area (Å²) in [6.45, 7) is 4.38. The molecule has 0 aliphatic rings. The Kier molecular flexibility index (Phi) is 3.23. The number of nitrogens with zero attached hydrogens (tertiary/aromatic N) is 2. The van der Waals surface area contributed by atoms with E-state index in [9.17, 15) is 9.18 Å². The van der Waals surface area contributed by atoms with Gasteiger partial charge in [-0.3, -0.25) is 9.48 Å². The van der Waals surface area contributed by atoms with Crippen LogP contribution in [0.4, 0.5) is 10.1 Å². The molecular weight excluding hydrogens is 233 g/mol. The van der Waals surface area contributed by atoms with Gasteiger partial charge in [0.15, 0.2) is 0 Å². The van der Waals surface area contributed by atoms with Crippen LogP contribution >= 0.6 is 0 Å². The smallest absolute Gasteiger partial charge is 0.294 e. The van der Waals surface area contributed by atoms with E-state index in [1.807, 2.05) is 6.92 Å². The number of halogens is 1. The van der Waals surface area contributed by atoms with Crippen molar-refractivity contribution in [1.82, 2.24) is 9.36 Å². The lowest BCUT2D eigenvalue weighted by Gasteiger charge is -2.12. The fraction of sp³-hybridized carbons (Fsp3) is 0.308. The maximum Gasteiger partial charge on any atom is 0.294 e. The fourth-order valence-electron chi connectivity index (χ4n) is 2.01. The van der Waals surface area contributed by atoms with Gasteiger partial charge in [-0.25, -0.2) is 9.07 Å². The van der Waals surface area contributed by atoms with Crippen molar-refractivity contribution in [3.63, 3.8) is 0 Å². The number of nitrogens with two attached hydrogens (primary N) is 1. The summed E-state index contributed by atoms with van der Waals surface area (Å²) >= 11 is 0. The molecule has 0 spiro atoms. The van der Waals surface area contributed by atoms with Crippen LogP contribution < -0.4 is 11.3 Å². The number of benzene rings is 1. The highest BCUT2D eigenvalue weighted by molar-refractivity contribution is 5.45. The van der Waals surface area contributed by atoms with Gasteiger partial charge in [-0.15, -0.1) is 0 Å². The van der Waals surface area contributed by atoms with Crippen molar-refractivity contribution in [2.45, 2.75) is 26.8 Å². The van der Waals surface area contributed by atoms with Gasteiger partial charge in [0, 0.05) is 6.54 Å². The van der Waals surface area contributed by atoms with Crippen molar-refractivity contribution >= 4 is 5.69 Å². The van der Waals surface area contributed by atoms with E-state index in [1.54, 1.807) is 29.8 Å². The van der Waals surface area contributed by atoms with E-state index in [-0.39, 0.29) is 16.9 Å². The summed E-state index contributed by atoms with van der Waals surface area (Å²) in [5, 5.41) is 0. The van der Waals surface area contributed by atoms with E-state index < -0.39 is 5.82 Å².